The SMILES string of the molecule is COc1ccc2c(c1)CCN=C2C.COc1ccc2c(c1)CCNC2C. The van der Waals surface area contributed by atoms with Crippen LogP contribution in [0.3, 0.4) is 0 Å². The van der Waals surface area contributed by atoms with Gasteiger partial charge in [-0.1, -0.05) is 6.07 Å². The summed E-state index contributed by atoms with van der Waals surface area (Å²) < 4.78 is 10.4. The number of rotatable bonds is 2. The number of benzene rings is 2. The van der Waals surface area contributed by atoms with E-state index in [0.29, 0.717) is 6.04 Å². The molecule has 0 amide bonds. The van der Waals surface area contributed by atoms with Crippen molar-refractivity contribution in [2.45, 2.75) is 32.7 Å². The van der Waals surface area contributed by atoms with Gasteiger partial charge in [-0.2, -0.15) is 0 Å². The minimum atomic E-state index is 0.481. The van der Waals surface area contributed by atoms with Crippen LogP contribution in [0.4, 0.5) is 0 Å². The van der Waals surface area contributed by atoms with Crippen molar-refractivity contribution in [2.75, 3.05) is 27.3 Å². The van der Waals surface area contributed by atoms with Gasteiger partial charge in [-0.25, -0.2) is 0 Å². The summed E-state index contributed by atoms with van der Waals surface area (Å²) >= 11 is 0. The Kier molecular flexibility index (Phi) is 5.94. The van der Waals surface area contributed by atoms with Gasteiger partial charge in [0.15, 0.2) is 0 Å². The van der Waals surface area contributed by atoms with Crippen molar-refractivity contribution in [3.63, 3.8) is 0 Å². The van der Waals surface area contributed by atoms with Crippen molar-refractivity contribution in [3.8, 4) is 11.5 Å². The van der Waals surface area contributed by atoms with E-state index >= 15 is 0 Å². The normalized spacial score (nSPS) is 17.8. The maximum absolute atomic E-state index is 5.20. The predicted octanol–water partition coefficient (Wildman–Crippen LogP) is 3.96. The molecule has 2 aromatic rings. The van der Waals surface area contributed by atoms with Crippen LogP contribution >= 0.6 is 0 Å². The summed E-state index contributed by atoms with van der Waals surface area (Å²) in [6.07, 6.45) is 2.14. The highest BCUT2D eigenvalue weighted by Gasteiger charge is 2.15. The Morgan fingerprint density at radius 3 is 2.38 bits per heavy atom. The van der Waals surface area contributed by atoms with Gasteiger partial charge in [0, 0.05) is 18.3 Å². The van der Waals surface area contributed by atoms with Gasteiger partial charge >= 0.3 is 0 Å². The third-order valence-corrected chi connectivity index (χ3v) is 5.09. The Morgan fingerprint density at radius 1 is 0.962 bits per heavy atom. The van der Waals surface area contributed by atoms with Crippen LogP contribution < -0.4 is 14.8 Å². The second-order valence-electron chi connectivity index (χ2n) is 6.73. The Bertz CT molecular complexity index is 799. The quantitative estimate of drug-likeness (QED) is 0.889. The fraction of sp³-hybridized carbons (Fsp3) is 0.409. The van der Waals surface area contributed by atoms with Crippen molar-refractivity contribution >= 4 is 5.71 Å². The monoisotopic (exact) mass is 352 g/mol. The van der Waals surface area contributed by atoms with Crippen molar-refractivity contribution in [1.82, 2.24) is 5.32 Å². The van der Waals surface area contributed by atoms with E-state index < -0.39 is 0 Å². The molecule has 4 nitrogen and oxygen atoms in total. The third kappa shape index (κ3) is 4.07. The van der Waals surface area contributed by atoms with Gasteiger partial charge in [-0.3, -0.25) is 4.99 Å². The molecule has 138 valence electrons. The Morgan fingerprint density at radius 2 is 1.65 bits per heavy atom. The molecule has 0 fully saturated rings. The van der Waals surface area contributed by atoms with Crippen LogP contribution in [0.25, 0.3) is 0 Å². The van der Waals surface area contributed by atoms with E-state index in [-0.39, 0.29) is 0 Å². The Balaban J connectivity index is 0.000000151. The van der Waals surface area contributed by atoms with Gasteiger partial charge in [-0.15, -0.1) is 0 Å². The summed E-state index contributed by atoms with van der Waals surface area (Å²) in [6.45, 7) is 6.24. The van der Waals surface area contributed by atoms with E-state index in [1.54, 1.807) is 14.2 Å². The molecular weight excluding hydrogens is 324 g/mol. The first-order valence-corrected chi connectivity index (χ1v) is 9.21. The predicted molar refractivity (Wildman–Crippen MR) is 107 cm³/mol. The van der Waals surface area contributed by atoms with Crippen LogP contribution in [-0.2, 0) is 12.8 Å². The molecule has 0 aliphatic carbocycles. The molecule has 2 aliphatic rings. The Hall–Kier alpha value is -2.33. The minimum Gasteiger partial charge on any atom is -0.497 e. The number of nitrogens with zero attached hydrogens (tertiary/aromatic N) is 1. The maximum atomic E-state index is 5.20. The number of nitrogens with one attached hydrogen (secondary N) is 1. The van der Waals surface area contributed by atoms with Gasteiger partial charge in [0.1, 0.15) is 11.5 Å². The number of aliphatic imine (C=N–C) groups is 1. The Labute approximate surface area is 156 Å². The van der Waals surface area contributed by atoms with Crippen LogP contribution in [0.1, 0.15) is 42.1 Å². The van der Waals surface area contributed by atoms with Gasteiger partial charge in [0.05, 0.1) is 14.2 Å². The molecule has 26 heavy (non-hydrogen) atoms. The van der Waals surface area contributed by atoms with E-state index in [0.717, 1.165) is 43.1 Å². The van der Waals surface area contributed by atoms with Crippen LogP contribution in [-0.4, -0.2) is 33.0 Å². The summed E-state index contributed by atoms with van der Waals surface area (Å²) in [6, 6.07) is 13.0. The number of hydrogen-bond donors (Lipinski definition) is 1. The van der Waals surface area contributed by atoms with Crippen LogP contribution in [0.15, 0.2) is 41.4 Å². The molecule has 0 aromatic heterocycles. The summed E-state index contributed by atoms with van der Waals surface area (Å²) in [7, 11) is 3.41. The molecule has 0 saturated heterocycles. The molecule has 4 heteroatoms. The van der Waals surface area contributed by atoms with Gasteiger partial charge in [0.25, 0.3) is 0 Å². The summed E-state index contributed by atoms with van der Waals surface area (Å²) in [5, 5.41) is 3.43. The average molecular weight is 352 g/mol. The molecule has 0 bridgehead atoms. The highest BCUT2D eigenvalue weighted by molar-refractivity contribution is 6.00. The molecule has 0 saturated carbocycles. The first kappa shape index (κ1) is 18.5. The highest BCUT2D eigenvalue weighted by atomic mass is 16.5. The summed E-state index contributed by atoms with van der Waals surface area (Å²) in [5.41, 5.74) is 6.60. The molecule has 1 atom stereocenters. The van der Waals surface area contributed by atoms with Crippen LogP contribution in [0.5, 0.6) is 11.5 Å². The topological polar surface area (TPSA) is 42.9 Å². The molecule has 2 aliphatic heterocycles. The first-order valence-electron chi connectivity index (χ1n) is 9.21. The lowest BCUT2D eigenvalue weighted by molar-refractivity contribution is 0.412. The average Bonchev–Trinajstić information content (AvgIpc) is 2.68. The second kappa shape index (κ2) is 8.37. The fourth-order valence-electron chi connectivity index (χ4n) is 3.57. The van der Waals surface area contributed by atoms with Crippen molar-refractivity contribution < 1.29 is 9.47 Å². The molecule has 2 heterocycles. The zero-order chi connectivity index (χ0) is 18.5. The zero-order valence-electron chi connectivity index (χ0n) is 16.1. The lowest BCUT2D eigenvalue weighted by Crippen LogP contribution is -2.27. The zero-order valence-corrected chi connectivity index (χ0v) is 16.1. The number of ether oxygens (including phenoxy) is 2. The highest BCUT2D eigenvalue weighted by Crippen LogP contribution is 2.26. The largest absolute Gasteiger partial charge is 0.497 e. The second-order valence-corrected chi connectivity index (χ2v) is 6.73. The molecule has 4 rings (SSSR count). The lowest BCUT2D eigenvalue weighted by Gasteiger charge is -2.24. The summed E-state index contributed by atoms with van der Waals surface area (Å²) in [4.78, 5) is 4.40. The van der Waals surface area contributed by atoms with E-state index in [4.69, 9.17) is 9.47 Å². The molecule has 0 radical (unpaired) electrons. The number of methoxy groups -OCH3 is 2. The smallest absolute Gasteiger partial charge is 0.119 e. The van der Waals surface area contributed by atoms with Gasteiger partial charge in [-0.05, 0) is 85.8 Å². The van der Waals surface area contributed by atoms with Gasteiger partial charge in [0.2, 0.25) is 0 Å². The maximum Gasteiger partial charge on any atom is 0.119 e. The fourth-order valence-corrected chi connectivity index (χ4v) is 3.57. The third-order valence-electron chi connectivity index (χ3n) is 5.09. The number of fused-ring (bicyclic) bond motifs is 2. The van der Waals surface area contributed by atoms with E-state index in [9.17, 15) is 0 Å². The molecule has 1 unspecified atom stereocenters. The molecular formula is C22H28N2O2. The first-order chi connectivity index (χ1) is 12.6. The van der Waals surface area contributed by atoms with Crippen LogP contribution in [0.2, 0.25) is 0 Å². The molecule has 1 N–H and O–H groups in total. The molecule has 2 aromatic carbocycles. The van der Waals surface area contributed by atoms with Crippen molar-refractivity contribution in [2.24, 2.45) is 4.99 Å². The molecule has 0 spiro atoms. The van der Waals surface area contributed by atoms with Crippen molar-refractivity contribution in [1.29, 1.82) is 0 Å². The van der Waals surface area contributed by atoms with Gasteiger partial charge < -0.3 is 14.8 Å². The standard InChI is InChI=1S/C11H15NO.C11H13NO/c2*1-8-11-4-3-10(13-2)7-9(11)5-6-12-8/h3-4,7-8,12H,5-6H2,1-2H3;3-4,7H,5-6H2,1-2H3. The van der Waals surface area contributed by atoms with E-state index in [1.165, 1.54) is 22.3 Å². The van der Waals surface area contributed by atoms with Crippen molar-refractivity contribution in [3.05, 3.63) is 58.7 Å². The minimum absolute atomic E-state index is 0.481. The van der Waals surface area contributed by atoms with Crippen LogP contribution in [0, 0.1) is 0 Å². The number of hydrogen-bond acceptors (Lipinski definition) is 4. The van der Waals surface area contributed by atoms with E-state index in [2.05, 4.69) is 48.4 Å². The lowest BCUT2D eigenvalue weighted by atomic mass is 9.95. The van der Waals surface area contributed by atoms with E-state index in [1.807, 2.05) is 12.1 Å². The summed E-state index contributed by atoms with van der Waals surface area (Å²) in [5.74, 6) is 1.90.